The van der Waals surface area contributed by atoms with Crippen molar-refractivity contribution in [1.29, 1.82) is 0 Å². The van der Waals surface area contributed by atoms with Gasteiger partial charge in [-0.3, -0.25) is 0 Å². The highest BCUT2D eigenvalue weighted by atomic mass is 32.1. The Morgan fingerprint density at radius 3 is 3.25 bits per heavy atom. The predicted molar refractivity (Wildman–Crippen MR) is 43.7 cm³/mol. The first kappa shape index (κ1) is 7.23. The lowest BCUT2D eigenvalue weighted by atomic mass is 10.5. The molecule has 1 N–H and O–H groups in total. The number of aromatic nitrogens is 3. The number of hydrogen-bond acceptors (Lipinski definition) is 6. The summed E-state index contributed by atoms with van der Waals surface area (Å²) in [4.78, 5) is 0. The van der Waals surface area contributed by atoms with E-state index in [2.05, 4.69) is 20.7 Å². The second kappa shape index (κ2) is 3.31. The minimum absolute atomic E-state index is 0.592. The summed E-state index contributed by atoms with van der Waals surface area (Å²) >= 11 is 1.45. The summed E-state index contributed by atoms with van der Waals surface area (Å²) in [6.07, 6.45) is 1.61. The minimum atomic E-state index is 0.592. The highest BCUT2D eigenvalue weighted by molar-refractivity contribution is 7.13. The molecule has 0 radical (unpaired) electrons. The van der Waals surface area contributed by atoms with Crippen molar-refractivity contribution >= 4 is 16.5 Å². The number of nitrogens with zero attached hydrogens (tertiary/aromatic N) is 3. The molecule has 0 bridgehead atoms. The Morgan fingerprint density at radius 2 is 2.58 bits per heavy atom. The number of rotatable bonds is 3. The Labute approximate surface area is 72.4 Å². The Bertz CT molecular complexity index is 283. The predicted octanol–water partition coefficient (Wildman–Crippen LogP) is 1.14. The first-order valence-electron chi connectivity index (χ1n) is 3.35. The zero-order valence-corrected chi connectivity index (χ0v) is 6.91. The van der Waals surface area contributed by atoms with Crippen molar-refractivity contribution in [2.45, 2.75) is 6.54 Å². The third kappa shape index (κ3) is 1.59. The van der Waals surface area contributed by atoms with Gasteiger partial charge in [0.05, 0.1) is 12.7 Å². The lowest BCUT2D eigenvalue weighted by molar-refractivity contribution is 0.388. The normalized spacial score (nSPS) is 10.0. The fourth-order valence-corrected chi connectivity index (χ4v) is 1.19. The van der Waals surface area contributed by atoms with Gasteiger partial charge in [0, 0.05) is 6.07 Å². The van der Waals surface area contributed by atoms with Crippen LogP contribution in [0, 0.1) is 0 Å². The smallest absolute Gasteiger partial charge is 0.205 e. The van der Waals surface area contributed by atoms with Crippen molar-refractivity contribution in [2.75, 3.05) is 5.32 Å². The minimum Gasteiger partial charge on any atom is -0.360 e. The molecule has 2 aromatic rings. The molecule has 2 heterocycles. The van der Waals surface area contributed by atoms with E-state index in [4.69, 9.17) is 4.52 Å². The van der Waals surface area contributed by atoms with Crippen LogP contribution in [0.25, 0.3) is 0 Å². The zero-order chi connectivity index (χ0) is 8.23. The molecule has 0 atom stereocenters. The third-order valence-corrected chi connectivity index (χ3v) is 1.91. The van der Waals surface area contributed by atoms with Gasteiger partial charge >= 0.3 is 0 Å². The van der Waals surface area contributed by atoms with E-state index in [1.807, 2.05) is 0 Å². The summed E-state index contributed by atoms with van der Waals surface area (Å²) in [6, 6.07) is 1.80. The zero-order valence-electron chi connectivity index (χ0n) is 6.10. The topological polar surface area (TPSA) is 63.8 Å². The van der Waals surface area contributed by atoms with Crippen molar-refractivity contribution < 1.29 is 4.52 Å². The maximum absolute atomic E-state index is 4.88. The standard InChI is InChI=1S/C6H6N4OS/c1-2-9-11-5(1)3-7-6-10-8-4-12-6/h1-2,4H,3H2,(H,7,10). The van der Waals surface area contributed by atoms with Gasteiger partial charge in [-0.15, -0.1) is 10.2 Å². The summed E-state index contributed by atoms with van der Waals surface area (Å²) < 4.78 is 4.88. The molecule has 2 aromatic heterocycles. The average molecular weight is 182 g/mol. The van der Waals surface area contributed by atoms with Crippen molar-refractivity contribution in [1.82, 2.24) is 15.4 Å². The Morgan fingerprint density at radius 1 is 1.58 bits per heavy atom. The summed E-state index contributed by atoms with van der Waals surface area (Å²) in [5, 5.41) is 14.9. The molecule has 0 unspecified atom stereocenters. The molecule has 5 nitrogen and oxygen atoms in total. The second-order valence-electron chi connectivity index (χ2n) is 2.08. The Kier molecular flexibility index (Phi) is 2.00. The molecule has 0 fully saturated rings. The first-order valence-corrected chi connectivity index (χ1v) is 4.23. The lowest BCUT2D eigenvalue weighted by Gasteiger charge is -1.95. The largest absolute Gasteiger partial charge is 0.360 e. The van der Waals surface area contributed by atoms with Crippen LogP contribution in [0.2, 0.25) is 0 Å². The number of nitrogens with one attached hydrogen (secondary N) is 1. The van der Waals surface area contributed by atoms with Gasteiger partial charge < -0.3 is 9.84 Å². The van der Waals surface area contributed by atoms with Crippen molar-refractivity contribution in [3.05, 3.63) is 23.5 Å². The number of anilines is 1. The van der Waals surface area contributed by atoms with E-state index in [-0.39, 0.29) is 0 Å². The number of hydrogen-bond donors (Lipinski definition) is 1. The van der Waals surface area contributed by atoms with Crippen LogP contribution in [-0.4, -0.2) is 15.4 Å². The average Bonchev–Trinajstić information content (AvgIpc) is 2.74. The lowest BCUT2D eigenvalue weighted by Crippen LogP contribution is -1.97. The summed E-state index contributed by atoms with van der Waals surface area (Å²) in [5.74, 6) is 0.783. The fourth-order valence-electron chi connectivity index (χ4n) is 0.746. The molecular formula is C6H6N4OS. The summed E-state index contributed by atoms with van der Waals surface area (Å²) in [5.41, 5.74) is 1.67. The van der Waals surface area contributed by atoms with E-state index in [0.717, 1.165) is 10.9 Å². The van der Waals surface area contributed by atoms with E-state index in [1.54, 1.807) is 17.8 Å². The van der Waals surface area contributed by atoms with E-state index >= 15 is 0 Å². The maximum Gasteiger partial charge on any atom is 0.205 e. The molecule has 0 aliphatic carbocycles. The van der Waals surface area contributed by atoms with E-state index in [9.17, 15) is 0 Å². The molecule has 2 rings (SSSR count). The van der Waals surface area contributed by atoms with Gasteiger partial charge in [-0.25, -0.2) is 0 Å². The summed E-state index contributed by atoms with van der Waals surface area (Å²) in [6.45, 7) is 0.592. The van der Waals surface area contributed by atoms with E-state index in [0.29, 0.717) is 6.54 Å². The van der Waals surface area contributed by atoms with Gasteiger partial charge in [-0.2, -0.15) is 0 Å². The molecule has 62 valence electrons. The third-order valence-electron chi connectivity index (χ3n) is 1.27. The van der Waals surface area contributed by atoms with Gasteiger partial charge in [0.15, 0.2) is 5.76 Å². The van der Waals surface area contributed by atoms with Crippen molar-refractivity contribution in [2.24, 2.45) is 0 Å². The SMILES string of the molecule is c1cc(CNc2nncs2)on1. The molecule has 0 amide bonds. The molecule has 12 heavy (non-hydrogen) atoms. The molecule has 0 saturated heterocycles. The quantitative estimate of drug-likeness (QED) is 0.771. The second-order valence-corrected chi connectivity index (χ2v) is 2.91. The van der Waals surface area contributed by atoms with Crippen LogP contribution in [-0.2, 0) is 6.54 Å². The molecule has 0 aliphatic heterocycles. The highest BCUT2D eigenvalue weighted by Gasteiger charge is 1.98. The van der Waals surface area contributed by atoms with Gasteiger partial charge in [0.1, 0.15) is 5.51 Å². The summed E-state index contributed by atoms with van der Waals surface area (Å²) in [7, 11) is 0. The van der Waals surface area contributed by atoms with Crippen LogP contribution in [0.3, 0.4) is 0 Å². The van der Waals surface area contributed by atoms with E-state index < -0.39 is 0 Å². The van der Waals surface area contributed by atoms with Crippen LogP contribution in [0.1, 0.15) is 5.76 Å². The van der Waals surface area contributed by atoms with Gasteiger partial charge in [-0.1, -0.05) is 16.5 Å². The van der Waals surface area contributed by atoms with Gasteiger partial charge in [-0.05, 0) is 0 Å². The monoisotopic (exact) mass is 182 g/mol. The highest BCUT2D eigenvalue weighted by Crippen LogP contribution is 2.09. The first-order chi connectivity index (χ1) is 5.95. The van der Waals surface area contributed by atoms with Crippen LogP contribution >= 0.6 is 11.3 Å². The fraction of sp³-hybridized carbons (Fsp3) is 0.167. The molecule has 6 heteroatoms. The molecule has 0 saturated carbocycles. The van der Waals surface area contributed by atoms with Crippen molar-refractivity contribution in [3.63, 3.8) is 0 Å². The van der Waals surface area contributed by atoms with E-state index in [1.165, 1.54) is 11.3 Å². The maximum atomic E-state index is 4.88. The molecular weight excluding hydrogens is 176 g/mol. The molecule has 0 aromatic carbocycles. The van der Waals surface area contributed by atoms with Crippen LogP contribution < -0.4 is 5.32 Å². The Hall–Kier alpha value is -1.43. The van der Waals surface area contributed by atoms with Crippen LogP contribution in [0.4, 0.5) is 5.13 Å². The molecule has 0 aliphatic rings. The van der Waals surface area contributed by atoms with Crippen LogP contribution in [0.15, 0.2) is 22.3 Å². The van der Waals surface area contributed by atoms with Gasteiger partial charge in [0.25, 0.3) is 0 Å². The van der Waals surface area contributed by atoms with Gasteiger partial charge in [0.2, 0.25) is 5.13 Å². The Balaban J connectivity index is 1.91. The molecule has 0 spiro atoms. The van der Waals surface area contributed by atoms with Crippen LogP contribution in [0.5, 0.6) is 0 Å². The van der Waals surface area contributed by atoms with Crippen molar-refractivity contribution in [3.8, 4) is 0 Å².